The number of hydrogen-bond acceptors (Lipinski definition) is 6. The van der Waals surface area contributed by atoms with Crippen molar-refractivity contribution < 1.29 is 9.52 Å². The second-order valence-electron chi connectivity index (χ2n) is 5.55. The first kappa shape index (κ1) is 20.5. The number of nitrogens with two attached hydrogens (primary N) is 1. The molecule has 0 bridgehead atoms. The molecular weight excluding hydrogens is 449 g/mol. The van der Waals surface area contributed by atoms with Crippen molar-refractivity contribution in [1.29, 1.82) is 0 Å². The average molecular weight is 467 g/mol. The molecule has 3 aromatic rings. The predicted octanol–water partition coefficient (Wildman–Crippen LogP) is 4.59. The zero-order chi connectivity index (χ0) is 17.3. The van der Waals surface area contributed by atoms with Crippen LogP contribution < -0.4 is 11.1 Å². The molecule has 136 valence electrons. The highest BCUT2D eigenvalue weighted by Crippen LogP contribution is 2.40. The van der Waals surface area contributed by atoms with Gasteiger partial charge in [-0.1, -0.05) is 11.6 Å². The lowest BCUT2D eigenvalue weighted by molar-refractivity contribution is 0.163. The van der Waals surface area contributed by atoms with Crippen molar-refractivity contribution in [3.8, 4) is 0 Å². The van der Waals surface area contributed by atoms with Crippen LogP contribution in [0.15, 0.2) is 33.4 Å². The van der Waals surface area contributed by atoms with Crippen LogP contribution in [0.25, 0.3) is 10.2 Å². The smallest absolute Gasteiger partial charge is 0.131 e. The van der Waals surface area contributed by atoms with E-state index in [1.807, 2.05) is 12.1 Å². The van der Waals surface area contributed by atoms with Gasteiger partial charge in [0.25, 0.3) is 0 Å². The lowest BCUT2D eigenvalue weighted by Crippen LogP contribution is -2.34. The Kier molecular flexibility index (Phi) is 7.13. The van der Waals surface area contributed by atoms with Crippen LogP contribution in [0.1, 0.15) is 17.6 Å². The molecule has 0 fully saturated rings. The maximum atomic E-state index is 9.64. The summed E-state index contributed by atoms with van der Waals surface area (Å²) in [4.78, 5) is 5.45. The second-order valence-corrected chi connectivity index (χ2v) is 7.84. The summed E-state index contributed by atoms with van der Waals surface area (Å²) in [6.07, 6.45) is 1.63. The van der Waals surface area contributed by atoms with Gasteiger partial charge in [0.15, 0.2) is 0 Å². The van der Waals surface area contributed by atoms with E-state index in [0.717, 1.165) is 31.0 Å². The Bertz CT molecular complexity index is 840. The van der Waals surface area contributed by atoms with E-state index in [1.54, 1.807) is 30.6 Å². The van der Waals surface area contributed by atoms with Crippen LogP contribution >= 0.6 is 51.3 Å². The fourth-order valence-corrected chi connectivity index (χ4v) is 4.51. The molecular formula is C16H18BrCl2N3O2S. The van der Waals surface area contributed by atoms with Crippen molar-refractivity contribution in [3.05, 3.63) is 44.7 Å². The molecule has 0 saturated heterocycles. The van der Waals surface area contributed by atoms with Gasteiger partial charge in [-0.25, -0.2) is 4.98 Å². The zero-order valence-corrected chi connectivity index (χ0v) is 17.3. The van der Waals surface area contributed by atoms with Crippen LogP contribution in [0.2, 0.25) is 5.15 Å². The van der Waals surface area contributed by atoms with Gasteiger partial charge in [-0.15, -0.1) is 23.7 Å². The maximum absolute atomic E-state index is 9.64. The van der Waals surface area contributed by atoms with Crippen molar-refractivity contribution in [3.63, 3.8) is 0 Å². The topological polar surface area (TPSA) is 84.3 Å². The zero-order valence-electron chi connectivity index (χ0n) is 13.3. The van der Waals surface area contributed by atoms with Gasteiger partial charge >= 0.3 is 0 Å². The molecule has 3 heterocycles. The second kappa shape index (κ2) is 8.70. The van der Waals surface area contributed by atoms with Gasteiger partial charge in [-0.2, -0.15) is 0 Å². The molecule has 0 spiro atoms. The number of anilines is 1. The molecule has 2 atom stereocenters. The van der Waals surface area contributed by atoms with Gasteiger partial charge in [0.05, 0.1) is 39.3 Å². The Morgan fingerprint density at radius 3 is 2.92 bits per heavy atom. The first-order valence-electron chi connectivity index (χ1n) is 7.43. The summed E-state index contributed by atoms with van der Waals surface area (Å²) in [6.45, 7) is 2.25. The fourth-order valence-electron chi connectivity index (χ4n) is 2.30. The molecule has 3 aromatic heterocycles. The molecule has 0 aromatic carbocycles. The number of furan rings is 1. The van der Waals surface area contributed by atoms with Crippen LogP contribution in [0.5, 0.6) is 0 Å². The lowest BCUT2D eigenvalue weighted by atomic mass is 10.1. The Morgan fingerprint density at radius 2 is 2.28 bits per heavy atom. The minimum atomic E-state index is -0.574. The maximum Gasteiger partial charge on any atom is 0.131 e. The summed E-state index contributed by atoms with van der Waals surface area (Å²) >= 11 is 11.3. The Labute approximate surface area is 169 Å². The SMILES string of the molecule is CC(O)C(N)Cc1sc2c(NCc3ccco3)cc(Cl)nc2c1Br.Cl. The quantitative estimate of drug-likeness (QED) is 0.462. The van der Waals surface area contributed by atoms with Gasteiger partial charge < -0.3 is 20.6 Å². The standard InChI is InChI=1S/C16H17BrClN3O2S.ClH/c1-8(22)10(19)5-12-14(17)15-16(24-12)11(6-13(18)21-15)20-7-9-3-2-4-23-9;/h2-4,6,8,10,22H,5,7,19H2,1H3,(H,20,21);1H. The number of nitrogens with one attached hydrogen (secondary N) is 1. The Morgan fingerprint density at radius 1 is 1.52 bits per heavy atom. The number of aliphatic hydroxyl groups is 1. The number of hydrogen-bond donors (Lipinski definition) is 3. The number of rotatable bonds is 6. The molecule has 9 heteroatoms. The molecule has 25 heavy (non-hydrogen) atoms. The lowest BCUT2D eigenvalue weighted by Gasteiger charge is -2.13. The van der Waals surface area contributed by atoms with E-state index >= 15 is 0 Å². The summed E-state index contributed by atoms with van der Waals surface area (Å²) in [6, 6.07) is 5.23. The molecule has 0 saturated carbocycles. The highest BCUT2D eigenvalue weighted by molar-refractivity contribution is 9.10. The molecule has 0 amide bonds. The van der Waals surface area contributed by atoms with Crippen molar-refractivity contribution in [2.45, 2.75) is 32.0 Å². The van der Waals surface area contributed by atoms with Gasteiger partial charge in [-0.3, -0.25) is 0 Å². The first-order valence-corrected chi connectivity index (χ1v) is 9.41. The minimum Gasteiger partial charge on any atom is -0.467 e. The number of aliphatic hydroxyl groups excluding tert-OH is 1. The third-order valence-electron chi connectivity index (χ3n) is 3.69. The third-order valence-corrected chi connectivity index (χ3v) is 6.24. The number of fused-ring (bicyclic) bond motifs is 1. The summed E-state index contributed by atoms with van der Waals surface area (Å²) in [5, 5.41) is 13.4. The largest absolute Gasteiger partial charge is 0.467 e. The van der Waals surface area contributed by atoms with E-state index in [2.05, 4.69) is 26.2 Å². The van der Waals surface area contributed by atoms with E-state index in [4.69, 9.17) is 21.8 Å². The van der Waals surface area contributed by atoms with E-state index in [-0.39, 0.29) is 18.4 Å². The highest BCUT2D eigenvalue weighted by Gasteiger charge is 2.19. The van der Waals surface area contributed by atoms with Crippen LogP contribution in [0.4, 0.5) is 5.69 Å². The molecule has 5 nitrogen and oxygen atoms in total. The van der Waals surface area contributed by atoms with Gasteiger partial charge in [0.2, 0.25) is 0 Å². The van der Waals surface area contributed by atoms with Gasteiger partial charge in [0.1, 0.15) is 10.9 Å². The monoisotopic (exact) mass is 465 g/mol. The summed E-state index contributed by atoms with van der Waals surface area (Å²) in [5.41, 5.74) is 7.68. The summed E-state index contributed by atoms with van der Waals surface area (Å²) in [5.74, 6) is 0.836. The molecule has 2 unspecified atom stereocenters. The van der Waals surface area contributed by atoms with Crippen molar-refractivity contribution in [1.82, 2.24) is 4.98 Å². The van der Waals surface area contributed by atoms with Crippen LogP contribution in [0.3, 0.4) is 0 Å². The average Bonchev–Trinajstić information content (AvgIpc) is 3.15. The Balaban J connectivity index is 0.00000225. The van der Waals surface area contributed by atoms with E-state index in [1.165, 1.54) is 0 Å². The van der Waals surface area contributed by atoms with Crippen molar-refractivity contribution in [2.24, 2.45) is 5.73 Å². The van der Waals surface area contributed by atoms with Crippen molar-refractivity contribution >= 4 is 67.2 Å². The number of halogens is 3. The van der Waals surface area contributed by atoms with E-state index in [9.17, 15) is 5.11 Å². The highest BCUT2D eigenvalue weighted by atomic mass is 79.9. The van der Waals surface area contributed by atoms with Crippen molar-refractivity contribution in [2.75, 3.05) is 5.32 Å². The van der Waals surface area contributed by atoms with Crippen LogP contribution in [0, 0.1) is 0 Å². The normalized spacial score (nSPS) is 13.5. The molecule has 0 aliphatic heterocycles. The van der Waals surface area contributed by atoms with Crippen LogP contribution in [-0.4, -0.2) is 22.2 Å². The first-order chi connectivity index (χ1) is 11.5. The predicted molar refractivity (Wildman–Crippen MR) is 109 cm³/mol. The number of thiophene rings is 1. The summed E-state index contributed by atoms with van der Waals surface area (Å²) in [7, 11) is 0. The molecule has 0 aliphatic rings. The number of nitrogens with zero attached hydrogens (tertiary/aromatic N) is 1. The molecule has 3 rings (SSSR count). The fraction of sp³-hybridized carbons (Fsp3) is 0.312. The van der Waals surface area contributed by atoms with E-state index in [0.29, 0.717) is 18.1 Å². The molecule has 0 radical (unpaired) electrons. The minimum absolute atomic E-state index is 0. The van der Waals surface area contributed by atoms with Gasteiger partial charge in [0, 0.05) is 23.4 Å². The molecule has 4 N–H and O–H groups in total. The van der Waals surface area contributed by atoms with E-state index < -0.39 is 6.10 Å². The van der Waals surface area contributed by atoms with Crippen LogP contribution in [-0.2, 0) is 13.0 Å². The Hall–Kier alpha value is -0.830. The third kappa shape index (κ3) is 4.67. The number of pyridine rings is 1. The molecule has 0 aliphatic carbocycles. The summed E-state index contributed by atoms with van der Waals surface area (Å²) < 4.78 is 7.21. The number of aromatic nitrogens is 1. The van der Waals surface area contributed by atoms with Gasteiger partial charge in [-0.05, 0) is 35.0 Å².